The molecule has 6 heteroatoms. The summed E-state index contributed by atoms with van der Waals surface area (Å²) in [5.74, 6) is -1.34. The van der Waals surface area contributed by atoms with Gasteiger partial charge in [-0.2, -0.15) is 0 Å². The van der Waals surface area contributed by atoms with E-state index in [0.717, 1.165) is 0 Å². The number of nitrogens with zero attached hydrogens (tertiary/aromatic N) is 1. The maximum absolute atomic E-state index is 14.1. The number of halogens is 2. The lowest BCUT2D eigenvalue weighted by molar-refractivity contribution is 0.0996. The Labute approximate surface area is 113 Å². The molecule has 2 rings (SSSR count). The van der Waals surface area contributed by atoms with E-state index >= 15 is 0 Å². The first-order valence-electron chi connectivity index (χ1n) is 6.07. The van der Waals surface area contributed by atoms with E-state index in [9.17, 15) is 13.0 Å². The van der Waals surface area contributed by atoms with Gasteiger partial charge < -0.3 is 4.84 Å². The predicted molar refractivity (Wildman–Crippen MR) is 69.5 cm³/mol. The average Bonchev–Trinajstić information content (AvgIpc) is 2.82. The van der Waals surface area contributed by atoms with Gasteiger partial charge in [-0.1, -0.05) is 12.1 Å². The first kappa shape index (κ1) is 14.1. The number of rotatable bonds is 2. The highest BCUT2D eigenvalue weighted by molar-refractivity contribution is 8.00. The van der Waals surface area contributed by atoms with Crippen molar-refractivity contribution in [1.82, 2.24) is 0 Å². The molecule has 2 unspecified atom stereocenters. The minimum Gasteiger partial charge on any atom is -0.392 e. The molecule has 1 aromatic rings. The second kappa shape index (κ2) is 5.36. The van der Waals surface area contributed by atoms with Crippen molar-refractivity contribution in [1.29, 1.82) is 0 Å². The number of benzene rings is 1. The van der Waals surface area contributed by atoms with E-state index in [2.05, 4.69) is 5.16 Å². The lowest BCUT2D eigenvalue weighted by Gasteiger charge is -2.10. The van der Waals surface area contributed by atoms with Crippen LogP contribution < -0.4 is 0 Å². The molecule has 1 heterocycles. The van der Waals surface area contributed by atoms with Crippen LogP contribution in [0.15, 0.2) is 16.1 Å². The third-order valence-electron chi connectivity index (χ3n) is 3.05. The van der Waals surface area contributed by atoms with Gasteiger partial charge >= 0.3 is 0 Å². The van der Waals surface area contributed by atoms with E-state index in [-0.39, 0.29) is 16.6 Å². The van der Waals surface area contributed by atoms with Gasteiger partial charge in [-0.3, -0.25) is 0 Å². The van der Waals surface area contributed by atoms with Crippen LogP contribution >= 0.6 is 0 Å². The predicted octanol–water partition coefficient (Wildman–Crippen LogP) is 3.07. The van der Waals surface area contributed by atoms with Crippen molar-refractivity contribution in [2.45, 2.75) is 44.6 Å². The van der Waals surface area contributed by atoms with Gasteiger partial charge in [0.25, 0.3) is 0 Å². The molecule has 104 valence electrons. The topological polar surface area (TPSA) is 38.7 Å². The molecule has 0 aromatic heterocycles. The quantitative estimate of drug-likeness (QED) is 0.838. The SMILES string of the molecule is CCc1cc(S(=O)C2=NOC(C)C2)c(F)c(C)c1F. The summed E-state index contributed by atoms with van der Waals surface area (Å²) in [7, 11) is -1.74. The van der Waals surface area contributed by atoms with Crippen molar-refractivity contribution >= 4 is 15.8 Å². The zero-order chi connectivity index (χ0) is 14.2. The first-order chi connectivity index (χ1) is 8.95. The molecule has 0 aliphatic carbocycles. The van der Waals surface area contributed by atoms with E-state index in [1.165, 1.54) is 13.0 Å². The zero-order valence-corrected chi connectivity index (χ0v) is 11.8. The zero-order valence-electron chi connectivity index (χ0n) is 11.0. The number of hydrogen-bond acceptors (Lipinski definition) is 3. The number of oxime groups is 1. The summed E-state index contributed by atoms with van der Waals surface area (Å²) in [6, 6.07) is 1.32. The molecule has 0 spiro atoms. The van der Waals surface area contributed by atoms with E-state index in [1.54, 1.807) is 13.8 Å². The fraction of sp³-hybridized carbons (Fsp3) is 0.462. The van der Waals surface area contributed by atoms with Crippen molar-refractivity contribution < 1.29 is 17.8 Å². The molecular weight excluding hydrogens is 272 g/mol. The Kier molecular flexibility index (Phi) is 3.99. The van der Waals surface area contributed by atoms with Crippen LogP contribution in [0.25, 0.3) is 0 Å². The third-order valence-corrected chi connectivity index (χ3v) is 4.42. The van der Waals surface area contributed by atoms with Crippen molar-refractivity contribution in [3.05, 3.63) is 28.8 Å². The summed E-state index contributed by atoms with van der Waals surface area (Å²) >= 11 is 0. The monoisotopic (exact) mass is 287 g/mol. The lowest BCUT2D eigenvalue weighted by atomic mass is 10.1. The smallest absolute Gasteiger partial charge is 0.152 e. The normalized spacial score (nSPS) is 20.1. The molecule has 0 saturated carbocycles. The molecule has 0 bridgehead atoms. The van der Waals surface area contributed by atoms with Crippen LogP contribution in [-0.2, 0) is 22.1 Å². The fourth-order valence-corrected chi connectivity index (χ4v) is 3.22. The summed E-state index contributed by atoms with van der Waals surface area (Å²) in [5.41, 5.74) is 0.255. The summed E-state index contributed by atoms with van der Waals surface area (Å²) in [6.07, 6.45) is 0.648. The lowest BCUT2D eigenvalue weighted by Crippen LogP contribution is -2.12. The molecule has 0 radical (unpaired) electrons. The molecular formula is C13H15F2NO2S. The Bertz CT molecular complexity index is 572. The summed E-state index contributed by atoms with van der Waals surface area (Å²) in [6.45, 7) is 4.90. The third kappa shape index (κ3) is 2.54. The minimum absolute atomic E-state index is 0.0211. The van der Waals surface area contributed by atoms with Gasteiger partial charge in [0.2, 0.25) is 0 Å². The molecule has 2 atom stereocenters. The molecule has 1 aromatic carbocycles. The van der Waals surface area contributed by atoms with Crippen LogP contribution in [0.5, 0.6) is 0 Å². The fourth-order valence-electron chi connectivity index (χ4n) is 1.90. The summed E-state index contributed by atoms with van der Waals surface area (Å²) in [4.78, 5) is 4.94. The van der Waals surface area contributed by atoms with E-state index < -0.39 is 22.4 Å². The Morgan fingerprint density at radius 2 is 2.16 bits per heavy atom. The molecule has 3 nitrogen and oxygen atoms in total. The van der Waals surface area contributed by atoms with Gasteiger partial charge in [0.15, 0.2) is 5.04 Å². The van der Waals surface area contributed by atoms with Crippen LogP contribution in [0.2, 0.25) is 0 Å². The van der Waals surface area contributed by atoms with Crippen LogP contribution in [0, 0.1) is 18.6 Å². The summed E-state index contributed by atoms with van der Waals surface area (Å²) < 4.78 is 40.1. The van der Waals surface area contributed by atoms with Gasteiger partial charge in [-0.25, -0.2) is 13.0 Å². The standard InChI is InChI=1S/C13H15F2NO2S/c1-4-9-6-10(13(15)8(3)12(9)14)19(17)11-5-7(2)18-16-11/h6-7H,4-5H2,1-3H3. The Balaban J connectivity index is 2.45. The van der Waals surface area contributed by atoms with E-state index in [4.69, 9.17) is 4.84 Å². The summed E-state index contributed by atoms with van der Waals surface area (Å²) in [5, 5.41) is 3.99. The van der Waals surface area contributed by atoms with Gasteiger partial charge in [0.05, 0.1) is 4.90 Å². The van der Waals surface area contributed by atoms with Crippen molar-refractivity contribution in [2.24, 2.45) is 5.16 Å². The Hall–Kier alpha value is -1.30. The Morgan fingerprint density at radius 1 is 1.47 bits per heavy atom. The van der Waals surface area contributed by atoms with Gasteiger partial charge in [0, 0.05) is 12.0 Å². The second-order valence-corrected chi connectivity index (χ2v) is 5.96. The first-order valence-corrected chi connectivity index (χ1v) is 7.22. The van der Waals surface area contributed by atoms with Crippen molar-refractivity contribution in [3.63, 3.8) is 0 Å². The van der Waals surface area contributed by atoms with Gasteiger partial charge in [-0.15, -0.1) is 0 Å². The Morgan fingerprint density at radius 3 is 2.68 bits per heavy atom. The molecule has 19 heavy (non-hydrogen) atoms. The van der Waals surface area contributed by atoms with E-state index in [0.29, 0.717) is 23.4 Å². The minimum atomic E-state index is -1.74. The molecule has 0 saturated heterocycles. The van der Waals surface area contributed by atoms with Crippen molar-refractivity contribution in [2.75, 3.05) is 0 Å². The molecule has 1 aliphatic heterocycles. The molecule has 0 N–H and O–H groups in total. The number of hydrogen-bond donors (Lipinski definition) is 0. The average molecular weight is 287 g/mol. The van der Waals surface area contributed by atoms with Crippen LogP contribution in [0.3, 0.4) is 0 Å². The maximum atomic E-state index is 14.1. The van der Waals surface area contributed by atoms with Gasteiger partial charge in [0.1, 0.15) is 28.5 Å². The van der Waals surface area contributed by atoms with E-state index in [1.807, 2.05) is 0 Å². The largest absolute Gasteiger partial charge is 0.392 e. The molecule has 0 fully saturated rings. The highest BCUT2D eigenvalue weighted by Crippen LogP contribution is 2.26. The van der Waals surface area contributed by atoms with Crippen LogP contribution in [0.1, 0.15) is 31.4 Å². The second-order valence-electron chi connectivity index (χ2n) is 4.51. The maximum Gasteiger partial charge on any atom is 0.152 e. The van der Waals surface area contributed by atoms with Crippen LogP contribution in [0.4, 0.5) is 8.78 Å². The molecule has 1 aliphatic rings. The number of aryl methyl sites for hydroxylation is 1. The highest BCUT2D eigenvalue weighted by atomic mass is 32.2. The molecule has 0 amide bonds. The van der Waals surface area contributed by atoms with Crippen molar-refractivity contribution in [3.8, 4) is 0 Å². The van der Waals surface area contributed by atoms with Crippen LogP contribution in [-0.4, -0.2) is 15.4 Å². The highest BCUT2D eigenvalue weighted by Gasteiger charge is 2.26. The van der Waals surface area contributed by atoms with Gasteiger partial charge in [-0.05, 0) is 31.9 Å².